The Kier molecular flexibility index (Phi) is 8.13. The second kappa shape index (κ2) is 10.4. The Morgan fingerprint density at radius 1 is 1.16 bits per heavy atom. The van der Waals surface area contributed by atoms with Crippen molar-refractivity contribution in [2.24, 2.45) is 5.92 Å². The maximum atomic E-state index is 12.5. The van der Waals surface area contributed by atoms with Crippen molar-refractivity contribution in [3.63, 3.8) is 0 Å². The standard InChI is InChI=1S/C22H26F3N3O3/c1-13(2)20(29)11-17-10-16(9-14(3)27-17)15(4)28-21(30)19-6-5-18(12-26-19)31-8-7-22(23,24)25/h5-6,9-10,12-13,15H,7-8,11H2,1-4H3,(H,28,30). The van der Waals surface area contributed by atoms with Crippen molar-refractivity contribution in [3.05, 3.63) is 53.1 Å². The Balaban J connectivity index is 2.00. The van der Waals surface area contributed by atoms with Gasteiger partial charge in [-0.25, -0.2) is 4.98 Å². The molecule has 0 aliphatic heterocycles. The summed E-state index contributed by atoms with van der Waals surface area (Å²) in [6.07, 6.45) is -3.92. The number of halogens is 3. The molecule has 2 aromatic heterocycles. The zero-order valence-electron chi connectivity index (χ0n) is 17.9. The van der Waals surface area contributed by atoms with E-state index in [1.807, 2.05) is 26.8 Å². The molecule has 0 aromatic carbocycles. The minimum atomic E-state index is -4.29. The minimum absolute atomic E-state index is 0.0856. The lowest BCUT2D eigenvalue weighted by molar-refractivity contribution is -0.139. The van der Waals surface area contributed by atoms with E-state index in [4.69, 9.17) is 4.74 Å². The summed E-state index contributed by atoms with van der Waals surface area (Å²) >= 11 is 0. The Bertz CT molecular complexity index is 912. The molecule has 2 rings (SSSR count). The van der Waals surface area contributed by atoms with Gasteiger partial charge in [0.25, 0.3) is 5.91 Å². The third kappa shape index (κ3) is 7.99. The number of Topliss-reactive ketones (excluding diaryl/α,β-unsaturated/α-hetero) is 1. The van der Waals surface area contributed by atoms with E-state index in [9.17, 15) is 22.8 Å². The number of ketones is 1. The maximum Gasteiger partial charge on any atom is 0.392 e. The number of rotatable bonds is 9. The molecule has 31 heavy (non-hydrogen) atoms. The predicted octanol–water partition coefficient (Wildman–Crippen LogP) is 4.37. The van der Waals surface area contributed by atoms with Crippen LogP contribution in [0.4, 0.5) is 13.2 Å². The zero-order valence-corrected chi connectivity index (χ0v) is 17.9. The third-order valence-electron chi connectivity index (χ3n) is 4.50. The topological polar surface area (TPSA) is 81.2 Å². The van der Waals surface area contributed by atoms with Gasteiger partial charge in [-0.15, -0.1) is 0 Å². The molecule has 0 radical (unpaired) electrons. The van der Waals surface area contributed by atoms with E-state index in [0.717, 1.165) is 11.3 Å². The van der Waals surface area contributed by atoms with Gasteiger partial charge in [0.15, 0.2) is 0 Å². The molecule has 0 spiro atoms. The Morgan fingerprint density at radius 3 is 2.45 bits per heavy atom. The molecule has 1 amide bonds. The molecule has 1 N–H and O–H groups in total. The number of carbonyl (C=O) groups excluding carboxylic acids is 2. The molecule has 6 nitrogen and oxygen atoms in total. The lowest BCUT2D eigenvalue weighted by atomic mass is 10.0. The molecule has 0 saturated carbocycles. The maximum absolute atomic E-state index is 12.5. The number of alkyl halides is 3. The molecular weight excluding hydrogens is 411 g/mol. The van der Waals surface area contributed by atoms with Gasteiger partial charge < -0.3 is 10.1 Å². The van der Waals surface area contributed by atoms with Crippen LogP contribution in [0.2, 0.25) is 0 Å². The summed E-state index contributed by atoms with van der Waals surface area (Å²) in [4.78, 5) is 32.9. The van der Waals surface area contributed by atoms with Crippen LogP contribution in [0.5, 0.6) is 5.75 Å². The first-order valence-electron chi connectivity index (χ1n) is 9.91. The third-order valence-corrected chi connectivity index (χ3v) is 4.50. The second-order valence-corrected chi connectivity index (χ2v) is 7.62. The quantitative estimate of drug-likeness (QED) is 0.630. The highest BCUT2D eigenvalue weighted by atomic mass is 19.4. The van der Waals surface area contributed by atoms with E-state index in [0.29, 0.717) is 5.69 Å². The van der Waals surface area contributed by atoms with Crippen LogP contribution >= 0.6 is 0 Å². The van der Waals surface area contributed by atoms with Gasteiger partial charge in [0.1, 0.15) is 17.2 Å². The van der Waals surface area contributed by atoms with Gasteiger partial charge in [0.05, 0.1) is 25.3 Å². The predicted molar refractivity (Wildman–Crippen MR) is 109 cm³/mol. The Hall–Kier alpha value is -2.97. The second-order valence-electron chi connectivity index (χ2n) is 7.62. The number of aryl methyl sites for hydroxylation is 1. The van der Waals surface area contributed by atoms with Crippen LogP contribution in [0, 0.1) is 12.8 Å². The molecule has 0 aliphatic rings. The number of hydrogen-bond donors (Lipinski definition) is 1. The number of hydrogen-bond acceptors (Lipinski definition) is 5. The summed E-state index contributed by atoms with van der Waals surface area (Å²) in [7, 11) is 0. The lowest BCUT2D eigenvalue weighted by Gasteiger charge is -2.16. The van der Waals surface area contributed by atoms with Gasteiger partial charge in [-0.3, -0.25) is 14.6 Å². The summed E-state index contributed by atoms with van der Waals surface area (Å²) in [5, 5.41) is 2.82. The van der Waals surface area contributed by atoms with Crippen molar-refractivity contribution in [3.8, 4) is 5.75 Å². The van der Waals surface area contributed by atoms with E-state index >= 15 is 0 Å². The molecule has 2 aromatic rings. The van der Waals surface area contributed by atoms with Gasteiger partial charge in [0, 0.05) is 23.7 Å². The fraction of sp³-hybridized carbons (Fsp3) is 0.455. The molecule has 168 valence electrons. The van der Waals surface area contributed by atoms with Crippen LogP contribution in [-0.4, -0.2) is 34.4 Å². The van der Waals surface area contributed by atoms with Gasteiger partial charge >= 0.3 is 6.18 Å². The summed E-state index contributed by atoms with van der Waals surface area (Å²) in [6.45, 7) is 6.77. The fourth-order valence-corrected chi connectivity index (χ4v) is 2.73. The van der Waals surface area contributed by atoms with Gasteiger partial charge in [-0.05, 0) is 43.7 Å². The van der Waals surface area contributed by atoms with Crippen molar-refractivity contribution in [2.45, 2.75) is 52.8 Å². The summed E-state index contributed by atoms with van der Waals surface area (Å²) in [6, 6.07) is 6.04. The van der Waals surface area contributed by atoms with Gasteiger partial charge in [0.2, 0.25) is 0 Å². The van der Waals surface area contributed by atoms with Crippen LogP contribution < -0.4 is 10.1 Å². The number of ether oxygens (including phenoxy) is 1. The highest BCUT2D eigenvalue weighted by Gasteiger charge is 2.26. The van der Waals surface area contributed by atoms with E-state index < -0.39 is 25.1 Å². The first-order chi connectivity index (χ1) is 14.4. The number of amides is 1. The Morgan fingerprint density at radius 2 is 1.87 bits per heavy atom. The van der Waals surface area contributed by atoms with Crippen LogP contribution in [0.15, 0.2) is 30.5 Å². The lowest BCUT2D eigenvalue weighted by Crippen LogP contribution is -2.27. The summed E-state index contributed by atoms with van der Waals surface area (Å²) < 4.78 is 41.5. The molecule has 9 heteroatoms. The average molecular weight is 437 g/mol. The number of pyridine rings is 2. The fourth-order valence-electron chi connectivity index (χ4n) is 2.73. The van der Waals surface area contributed by atoms with Crippen LogP contribution in [0.3, 0.4) is 0 Å². The van der Waals surface area contributed by atoms with Crippen molar-refractivity contribution in [2.75, 3.05) is 6.61 Å². The van der Waals surface area contributed by atoms with Crippen molar-refractivity contribution < 1.29 is 27.5 Å². The smallest absolute Gasteiger partial charge is 0.392 e. The van der Waals surface area contributed by atoms with Crippen LogP contribution in [0.1, 0.15) is 60.7 Å². The molecule has 1 atom stereocenters. The molecule has 0 aliphatic carbocycles. The van der Waals surface area contributed by atoms with E-state index in [-0.39, 0.29) is 35.6 Å². The number of nitrogens with one attached hydrogen (secondary N) is 1. The van der Waals surface area contributed by atoms with Crippen molar-refractivity contribution in [1.29, 1.82) is 0 Å². The summed E-state index contributed by atoms with van der Waals surface area (Å²) in [5.41, 5.74) is 2.30. The highest BCUT2D eigenvalue weighted by molar-refractivity contribution is 5.92. The molecular formula is C22H26F3N3O3. The summed E-state index contributed by atoms with van der Waals surface area (Å²) in [5.74, 6) is -0.293. The molecule has 0 saturated heterocycles. The van der Waals surface area contributed by atoms with Crippen molar-refractivity contribution >= 4 is 11.7 Å². The number of aromatic nitrogens is 2. The SMILES string of the molecule is Cc1cc(C(C)NC(=O)c2ccc(OCCC(F)(F)F)cn2)cc(CC(=O)C(C)C)n1. The van der Waals surface area contributed by atoms with E-state index in [1.54, 1.807) is 13.0 Å². The monoisotopic (exact) mass is 437 g/mol. The normalized spacial score (nSPS) is 12.5. The molecule has 0 fully saturated rings. The highest BCUT2D eigenvalue weighted by Crippen LogP contribution is 2.20. The van der Waals surface area contributed by atoms with Gasteiger partial charge in [-0.1, -0.05) is 13.8 Å². The number of carbonyl (C=O) groups is 2. The largest absolute Gasteiger partial charge is 0.492 e. The van der Waals surface area contributed by atoms with Crippen LogP contribution in [0.25, 0.3) is 0 Å². The average Bonchev–Trinajstić information content (AvgIpc) is 2.66. The Labute approximate surface area is 179 Å². The zero-order chi connectivity index (χ0) is 23.2. The first kappa shape index (κ1) is 24.3. The molecule has 1 unspecified atom stereocenters. The van der Waals surface area contributed by atoms with E-state index in [2.05, 4.69) is 15.3 Å². The first-order valence-corrected chi connectivity index (χ1v) is 9.91. The minimum Gasteiger partial charge on any atom is -0.492 e. The van der Waals surface area contributed by atoms with Crippen LogP contribution in [-0.2, 0) is 11.2 Å². The van der Waals surface area contributed by atoms with Crippen molar-refractivity contribution in [1.82, 2.24) is 15.3 Å². The van der Waals surface area contributed by atoms with Gasteiger partial charge in [-0.2, -0.15) is 13.2 Å². The molecule has 0 bridgehead atoms. The molecule has 2 heterocycles. The van der Waals surface area contributed by atoms with E-state index in [1.165, 1.54) is 18.3 Å². The number of nitrogens with zero attached hydrogens (tertiary/aromatic N) is 2.